The fourth-order valence-electron chi connectivity index (χ4n) is 5.42. The minimum absolute atomic E-state index is 0.155. The molecular formula is C54H69N5O16. The Hall–Kier alpha value is -8.72. The Bertz CT molecular complexity index is 2540. The van der Waals surface area contributed by atoms with Crippen molar-refractivity contribution in [2.45, 2.75) is 72.0 Å². The average molecular weight is 1040 g/mol. The maximum atomic E-state index is 11.9. The number of amides is 3. The molecule has 0 aliphatic heterocycles. The number of nitrogens with one attached hydrogen (secondary N) is 3. The van der Waals surface area contributed by atoms with Gasteiger partial charge in [-0.05, 0) is 126 Å². The van der Waals surface area contributed by atoms with Gasteiger partial charge in [-0.3, -0.25) is 19.4 Å². The van der Waals surface area contributed by atoms with Crippen LogP contribution in [0.2, 0.25) is 0 Å². The molecule has 0 fully saturated rings. The number of nitrogens with zero attached hydrogens (tertiary/aromatic N) is 1. The average Bonchev–Trinajstić information content (AvgIpc) is 3.35. The molecule has 406 valence electrons. The van der Waals surface area contributed by atoms with E-state index in [-0.39, 0.29) is 25.4 Å². The molecule has 0 radical (unpaired) electrons. The molecule has 3 aromatic carbocycles. The molecule has 3 amide bonds. The number of nitrogens with two attached hydrogens (primary N) is 1. The molecule has 6 N–H and O–H groups in total. The van der Waals surface area contributed by atoms with Crippen LogP contribution in [0.3, 0.4) is 0 Å². The zero-order valence-electron chi connectivity index (χ0n) is 43.9. The van der Waals surface area contributed by atoms with Crippen molar-refractivity contribution in [3.8, 4) is 34.5 Å². The molecule has 0 aliphatic carbocycles. The fourth-order valence-corrected chi connectivity index (χ4v) is 5.42. The van der Waals surface area contributed by atoms with Crippen LogP contribution < -0.4 is 50.1 Å². The molecule has 1 heterocycles. The number of hydrogen-bond donors (Lipinski definition) is 5. The summed E-state index contributed by atoms with van der Waals surface area (Å²) in [5.74, 6) is -0.831. The van der Waals surface area contributed by atoms with Gasteiger partial charge in [0.1, 0.15) is 30.8 Å². The number of carbonyl (C=O) groups is 7. The van der Waals surface area contributed by atoms with Gasteiger partial charge in [-0.15, -0.1) is 19.7 Å². The molecule has 0 saturated heterocycles. The number of carbonyl (C=O) groups excluding carboxylic acids is 6. The van der Waals surface area contributed by atoms with Crippen LogP contribution in [0.5, 0.6) is 34.5 Å². The third-order valence-electron chi connectivity index (χ3n) is 8.54. The number of aliphatic carboxylic acids is 1. The normalized spacial score (nSPS) is 10.2. The number of hydrogen-bond acceptors (Lipinski definition) is 17. The lowest BCUT2D eigenvalue weighted by Gasteiger charge is -2.19. The number of rotatable bonds is 20. The van der Waals surface area contributed by atoms with Crippen molar-refractivity contribution in [2.24, 2.45) is 5.73 Å². The lowest BCUT2D eigenvalue weighted by Crippen LogP contribution is -2.36. The molecule has 4 rings (SSSR count). The number of carboxylic acid groups (broad SMARTS) is 1. The summed E-state index contributed by atoms with van der Waals surface area (Å²) in [5, 5.41) is 15.1. The summed E-state index contributed by atoms with van der Waals surface area (Å²) in [6.07, 6.45) is 9.03. The quantitative estimate of drug-likeness (QED) is 0.0342. The number of pyridine rings is 1. The lowest BCUT2D eigenvalue weighted by atomic mass is 10.1. The molecule has 0 bridgehead atoms. The van der Waals surface area contributed by atoms with Gasteiger partial charge >= 0.3 is 36.1 Å². The van der Waals surface area contributed by atoms with E-state index in [1.54, 1.807) is 114 Å². The second-order valence-corrected chi connectivity index (χ2v) is 17.1. The van der Waals surface area contributed by atoms with E-state index in [4.69, 9.17) is 48.7 Å². The highest BCUT2D eigenvalue weighted by Gasteiger charge is 2.19. The van der Waals surface area contributed by atoms with Gasteiger partial charge in [0, 0.05) is 12.4 Å². The van der Waals surface area contributed by atoms with Gasteiger partial charge in [0.05, 0.1) is 33.4 Å². The van der Waals surface area contributed by atoms with Gasteiger partial charge in [0.25, 0.3) is 5.91 Å². The van der Waals surface area contributed by atoms with E-state index in [1.807, 2.05) is 18.2 Å². The molecule has 75 heavy (non-hydrogen) atoms. The predicted molar refractivity (Wildman–Crippen MR) is 279 cm³/mol. The van der Waals surface area contributed by atoms with E-state index < -0.39 is 59.7 Å². The maximum absolute atomic E-state index is 11.9. The van der Waals surface area contributed by atoms with Crippen LogP contribution in [-0.4, -0.2) is 111 Å². The Balaban J connectivity index is 0.000000517. The van der Waals surface area contributed by atoms with Gasteiger partial charge in [-0.25, -0.2) is 19.2 Å². The second-order valence-electron chi connectivity index (χ2n) is 17.1. The van der Waals surface area contributed by atoms with Crippen LogP contribution in [0.25, 0.3) is 0 Å². The first-order chi connectivity index (χ1) is 35.4. The smallest absolute Gasteiger partial charge is 0.408 e. The Morgan fingerprint density at radius 3 is 1.25 bits per heavy atom. The number of aromatic nitrogens is 1. The standard InChI is InChI=1S/C18H18N2O4.C17H23NO5.C12H15NO3.C7H13NO4/c1-3-5-13-7-8-15(16(10-13)23-2)24-17(21)12-20-18(22)14-6-4-9-19-11-14;1-6-7-12-8-9-13(14(10-12)21-5)22-15(19)11-18-16(20)23-17(2,3)4;1-3-4-9-5-6-10(11(7-9)15-2)16-12(14)8-13;1-7(2,3)12-6(11)8-4-5(9)10/h3-4,6-11H,1,5,12H2,2H3,(H,20,22);6,8-10H,1,7,11H2,2-5H3,(H,18,20);3,5-7H,1,4,8,13H2,2H3;4H2,1-3H3,(H,8,11)(H,9,10). The summed E-state index contributed by atoms with van der Waals surface area (Å²) in [6.45, 7) is 20.2. The third-order valence-corrected chi connectivity index (χ3v) is 8.54. The molecule has 4 aromatic rings. The summed E-state index contributed by atoms with van der Waals surface area (Å²) in [5.41, 5.74) is 7.33. The molecule has 0 atom stereocenters. The largest absolute Gasteiger partial charge is 0.493 e. The fraction of sp³-hybridized carbons (Fsp3) is 0.333. The van der Waals surface area contributed by atoms with Crippen molar-refractivity contribution in [2.75, 3.05) is 47.5 Å². The topological polar surface area (TPSA) is 289 Å². The molecular weight excluding hydrogens is 975 g/mol. The van der Waals surface area contributed by atoms with Crippen molar-refractivity contribution in [3.63, 3.8) is 0 Å². The Morgan fingerprint density at radius 2 is 0.933 bits per heavy atom. The zero-order chi connectivity index (χ0) is 56.6. The number of allylic oxidation sites excluding steroid dienone is 3. The van der Waals surface area contributed by atoms with Crippen molar-refractivity contribution >= 4 is 42.0 Å². The highest BCUT2D eigenvalue weighted by atomic mass is 16.6. The van der Waals surface area contributed by atoms with E-state index in [2.05, 4.69) is 40.7 Å². The van der Waals surface area contributed by atoms with Crippen molar-refractivity contribution < 1.29 is 76.6 Å². The molecule has 0 spiro atoms. The van der Waals surface area contributed by atoms with Crippen LogP contribution in [-0.2, 0) is 47.9 Å². The van der Waals surface area contributed by atoms with Gasteiger partial charge in [0.2, 0.25) is 0 Å². The predicted octanol–water partition coefficient (Wildman–Crippen LogP) is 6.89. The van der Waals surface area contributed by atoms with E-state index in [1.165, 1.54) is 27.5 Å². The minimum Gasteiger partial charge on any atom is -0.493 e. The first-order valence-corrected chi connectivity index (χ1v) is 22.9. The minimum atomic E-state index is -1.10. The summed E-state index contributed by atoms with van der Waals surface area (Å²) in [6, 6.07) is 19.1. The summed E-state index contributed by atoms with van der Waals surface area (Å²) in [7, 11) is 4.50. The zero-order valence-corrected chi connectivity index (χ0v) is 43.9. The third kappa shape index (κ3) is 28.2. The number of esters is 3. The van der Waals surface area contributed by atoms with Gasteiger partial charge in [0.15, 0.2) is 34.5 Å². The number of methoxy groups -OCH3 is 3. The highest BCUT2D eigenvalue weighted by molar-refractivity contribution is 5.95. The number of carboxylic acids is 1. The van der Waals surface area contributed by atoms with Crippen molar-refractivity contribution in [3.05, 3.63) is 139 Å². The van der Waals surface area contributed by atoms with Gasteiger partial charge in [-0.1, -0.05) is 36.4 Å². The Kier molecular flexibility index (Phi) is 29.0. The summed E-state index contributed by atoms with van der Waals surface area (Å²) in [4.78, 5) is 82.7. The number of benzene rings is 3. The molecule has 21 heteroatoms. The summed E-state index contributed by atoms with van der Waals surface area (Å²) >= 11 is 0. The van der Waals surface area contributed by atoms with E-state index in [0.717, 1.165) is 23.1 Å². The Labute approximate surface area is 437 Å². The summed E-state index contributed by atoms with van der Waals surface area (Å²) < 4.78 is 40.8. The second kappa shape index (κ2) is 33.8. The SMILES string of the molecule is C=CCc1ccc(OC(=O)CN)c(OC)c1.C=CCc1ccc(OC(=O)CNC(=O)OC(C)(C)C)c(OC)c1.C=CCc1ccc(OC(=O)CNC(=O)c2cccnc2)c(OC)c1.CC(C)(C)OC(=O)NCC(=O)O. The van der Waals surface area contributed by atoms with Gasteiger partial charge in [-0.2, -0.15) is 0 Å². The monoisotopic (exact) mass is 1040 g/mol. The molecule has 1 aromatic heterocycles. The highest BCUT2D eigenvalue weighted by Crippen LogP contribution is 2.30. The van der Waals surface area contributed by atoms with Crippen molar-refractivity contribution in [1.82, 2.24) is 20.9 Å². The van der Waals surface area contributed by atoms with E-state index in [9.17, 15) is 33.6 Å². The first-order valence-electron chi connectivity index (χ1n) is 22.9. The van der Waals surface area contributed by atoms with Gasteiger partial charge < -0.3 is 64.7 Å². The number of alkyl carbamates (subject to hydrolysis) is 2. The van der Waals surface area contributed by atoms with Crippen molar-refractivity contribution in [1.29, 1.82) is 0 Å². The van der Waals surface area contributed by atoms with Crippen LogP contribution in [0.4, 0.5) is 9.59 Å². The first kappa shape index (κ1) is 64.3. The maximum Gasteiger partial charge on any atom is 0.408 e. The molecule has 0 aliphatic rings. The van der Waals surface area contributed by atoms with Crippen LogP contribution in [0.1, 0.15) is 68.6 Å². The molecule has 0 unspecified atom stereocenters. The lowest BCUT2D eigenvalue weighted by molar-refractivity contribution is -0.136. The van der Waals surface area contributed by atoms with Crippen LogP contribution in [0, 0.1) is 0 Å². The molecule has 21 nitrogen and oxygen atoms in total. The van der Waals surface area contributed by atoms with E-state index in [0.29, 0.717) is 47.2 Å². The van der Waals surface area contributed by atoms with E-state index >= 15 is 0 Å². The molecule has 0 saturated carbocycles. The van der Waals surface area contributed by atoms with Crippen LogP contribution >= 0.6 is 0 Å². The Morgan fingerprint density at radius 1 is 0.560 bits per heavy atom. The number of ether oxygens (including phenoxy) is 8. The van der Waals surface area contributed by atoms with Crippen LogP contribution in [0.15, 0.2) is 117 Å².